The van der Waals surface area contributed by atoms with E-state index >= 15 is 0 Å². The number of hydrogen-bond acceptors (Lipinski definition) is 6. The summed E-state index contributed by atoms with van der Waals surface area (Å²) in [6, 6.07) is 10.5. The van der Waals surface area contributed by atoms with Crippen LogP contribution in [-0.2, 0) is 15.7 Å². The lowest BCUT2D eigenvalue weighted by Gasteiger charge is -2.35. The number of phenolic OH excluding ortho intramolecular Hbond substituents is 1. The predicted molar refractivity (Wildman–Crippen MR) is 112 cm³/mol. The number of aromatic hydroxyl groups is 1. The van der Waals surface area contributed by atoms with Gasteiger partial charge in [0.1, 0.15) is 5.75 Å². The first-order valence-electron chi connectivity index (χ1n) is 9.85. The molecule has 0 spiro atoms. The zero-order chi connectivity index (χ0) is 23.3. The van der Waals surface area contributed by atoms with Gasteiger partial charge in [-0.2, -0.15) is 13.2 Å². The highest BCUT2D eigenvalue weighted by Gasteiger charge is 2.34. The number of benzene rings is 2. The molecular weight excluding hydrogens is 427 g/mol. The first-order chi connectivity index (χ1) is 15.2. The molecule has 0 radical (unpaired) electrons. The van der Waals surface area contributed by atoms with Gasteiger partial charge < -0.3 is 19.9 Å². The summed E-state index contributed by atoms with van der Waals surface area (Å²) in [5.41, 5.74) is -0.783. The lowest BCUT2D eigenvalue weighted by molar-refractivity contribution is -0.137. The van der Waals surface area contributed by atoms with Gasteiger partial charge in [0, 0.05) is 5.69 Å². The molecule has 1 aliphatic heterocycles. The molecule has 1 aliphatic rings. The van der Waals surface area contributed by atoms with Crippen molar-refractivity contribution in [2.24, 2.45) is 4.99 Å². The fourth-order valence-corrected chi connectivity index (χ4v) is 3.06. The normalized spacial score (nSPS) is 16.2. The van der Waals surface area contributed by atoms with Crippen molar-refractivity contribution < 1.29 is 32.5 Å². The highest BCUT2D eigenvalue weighted by Crippen LogP contribution is 2.34. The van der Waals surface area contributed by atoms with Crippen molar-refractivity contribution in [3.05, 3.63) is 71.6 Å². The molecule has 1 unspecified atom stereocenters. The van der Waals surface area contributed by atoms with Crippen molar-refractivity contribution in [1.82, 2.24) is 5.32 Å². The van der Waals surface area contributed by atoms with E-state index < -0.39 is 23.9 Å². The maximum atomic E-state index is 13.3. The molecule has 170 valence electrons. The number of aliphatic imine (C=N–C) groups is 1. The third kappa shape index (κ3) is 5.13. The van der Waals surface area contributed by atoms with Crippen LogP contribution in [-0.4, -0.2) is 36.4 Å². The Morgan fingerprint density at radius 1 is 1.12 bits per heavy atom. The Morgan fingerprint density at radius 2 is 1.84 bits per heavy atom. The van der Waals surface area contributed by atoms with Gasteiger partial charge in [0.25, 0.3) is 5.91 Å². The first kappa shape index (κ1) is 23.0. The standard InChI is InChI=1S/C22H22F3N3O4/c1-3-31-18-13-19(32-4-2)28(15-9-7-8-14(12-15)22(23,24)25)21(26-18)27-20(30)16-10-5-6-11-17(16)29/h5-13,21,29H,3-4H2,1-2H3,(H,27,30). The topological polar surface area (TPSA) is 83.4 Å². The number of nitrogens with zero attached hydrogens (tertiary/aromatic N) is 2. The van der Waals surface area contributed by atoms with Gasteiger partial charge >= 0.3 is 6.18 Å². The molecule has 1 atom stereocenters. The van der Waals surface area contributed by atoms with Crippen LogP contribution in [0, 0.1) is 0 Å². The van der Waals surface area contributed by atoms with Crippen molar-refractivity contribution in [3.8, 4) is 5.75 Å². The quantitative estimate of drug-likeness (QED) is 0.689. The molecule has 2 N–H and O–H groups in total. The Bertz CT molecular complexity index is 1040. The van der Waals surface area contributed by atoms with Gasteiger partial charge in [0.05, 0.1) is 30.4 Å². The summed E-state index contributed by atoms with van der Waals surface area (Å²) >= 11 is 0. The molecule has 3 rings (SSSR count). The number of halogens is 3. The summed E-state index contributed by atoms with van der Waals surface area (Å²) < 4.78 is 51.0. The summed E-state index contributed by atoms with van der Waals surface area (Å²) in [6.07, 6.45) is -4.32. The number of amides is 1. The summed E-state index contributed by atoms with van der Waals surface area (Å²) in [5.74, 6) is -0.641. The fourth-order valence-electron chi connectivity index (χ4n) is 3.06. The van der Waals surface area contributed by atoms with Crippen molar-refractivity contribution >= 4 is 17.5 Å². The maximum absolute atomic E-state index is 13.3. The number of para-hydroxylation sites is 1. The van der Waals surface area contributed by atoms with Gasteiger partial charge in [0.15, 0.2) is 0 Å². The Balaban J connectivity index is 2.04. The lowest BCUT2D eigenvalue weighted by Crippen LogP contribution is -2.49. The molecule has 1 heterocycles. The van der Waals surface area contributed by atoms with Crippen molar-refractivity contribution in [1.29, 1.82) is 0 Å². The number of nitrogens with one attached hydrogen (secondary N) is 1. The third-order valence-electron chi connectivity index (χ3n) is 4.42. The number of carbonyl (C=O) groups is 1. The molecule has 0 aliphatic carbocycles. The molecule has 0 saturated heterocycles. The highest BCUT2D eigenvalue weighted by atomic mass is 19.4. The minimum absolute atomic E-state index is 0.0165. The van der Waals surface area contributed by atoms with Crippen LogP contribution in [0.2, 0.25) is 0 Å². The number of phenols is 1. The molecule has 1 amide bonds. The molecule has 2 aromatic carbocycles. The fraction of sp³-hybridized carbons (Fsp3) is 0.273. The van der Waals surface area contributed by atoms with Gasteiger partial charge in [-0.3, -0.25) is 9.69 Å². The van der Waals surface area contributed by atoms with E-state index in [9.17, 15) is 23.1 Å². The smallest absolute Gasteiger partial charge is 0.416 e. The average Bonchev–Trinajstić information content (AvgIpc) is 2.74. The number of anilines is 1. The van der Waals surface area contributed by atoms with E-state index in [4.69, 9.17) is 9.47 Å². The molecule has 10 heteroatoms. The van der Waals surface area contributed by atoms with E-state index in [2.05, 4.69) is 10.3 Å². The second-order valence-electron chi connectivity index (χ2n) is 6.60. The van der Waals surface area contributed by atoms with Gasteiger partial charge in [0.2, 0.25) is 18.1 Å². The molecule has 7 nitrogen and oxygen atoms in total. The molecule has 0 fully saturated rings. The van der Waals surface area contributed by atoms with Crippen LogP contribution in [0.1, 0.15) is 29.8 Å². The first-order valence-corrected chi connectivity index (χ1v) is 9.85. The summed E-state index contributed by atoms with van der Waals surface area (Å²) in [5, 5.41) is 12.6. The van der Waals surface area contributed by atoms with E-state index in [1.54, 1.807) is 26.0 Å². The maximum Gasteiger partial charge on any atom is 0.416 e. The Hall–Kier alpha value is -3.69. The van der Waals surface area contributed by atoms with Crippen LogP contribution in [0.5, 0.6) is 5.75 Å². The monoisotopic (exact) mass is 449 g/mol. The summed E-state index contributed by atoms with van der Waals surface area (Å²) in [6.45, 7) is 3.94. The zero-order valence-corrected chi connectivity index (χ0v) is 17.4. The summed E-state index contributed by atoms with van der Waals surface area (Å²) in [4.78, 5) is 18.5. The number of alkyl halides is 3. The van der Waals surface area contributed by atoms with Crippen LogP contribution < -0.4 is 10.2 Å². The van der Waals surface area contributed by atoms with Crippen LogP contribution in [0.3, 0.4) is 0 Å². The van der Waals surface area contributed by atoms with E-state index in [0.717, 1.165) is 12.1 Å². The van der Waals surface area contributed by atoms with Crippen LogP contribution in [0.25, 0.3) is 0 Å². The number of carbonyl (C=O) groups excluding carboxylic acids is 1. The van der Waals surface area contributed by atoms with Crippen molar-refractivity contribution in [2.75, 3.05) is 18.1 Å². The average molecular weight is 449 g/mol. The largest absolute Gasteiger partial charge is 0.507 e. The highest BCUT2D eigenvalue weighted by molar-refractivity contribution is 5.98. The lowest BCUT2D eigenvalue weighted by atomic mass is 10.1. The minimum Gasteiger partial charge on any atom is -0.507 e. The van der Waals surface area contributed by atoms with E-state index in [0.29, 0.717) is 0 Å². The second kappa shape index (κ2) is 9.63. The van der Waals surface area contributed by atoms with E-state index in [1.165, 1.54) is 35.2 Å². The Labute approximate surface area is 182 Å². The minimum atomic E-state index is -4.56. The van der Waals surface area contributed by atoms with E-state index in [1.807, 2.05) is 0 Å². The molecule has 0 aromatic heterocycles. The van der Waals surface area contributed by atoms with Crippen molar-refractivity contribution in [2.45, 2.75) is 26.3 Å². The molecule has 32 heavy (non-hydrogen) atoms. The third-order valence-corrected chi connectivity index (χ3v) is 4.42. The number of ether oxygens (including phenoxy) is 2. The second-order valence-corrected chi connectivity index (χ2v) is 6.60. The Kier molecular flexibility index (Phi) is 6.92. The molecule has 0 saturated carbocycles. The number of hydrogen-bond donors (Lipinski definition) is 2. The van der Waals surface area contributed by atoms with Gasteiger partial charge in [-0.05, 0) is 44.2 Å². The van der Waals surface area contributed by atoms with Gasteiger partial charge in [-0.1, -0.05) is 18.2 Å². The number of rotatable bonds is 6. The van der Waals surface area contributed by atoms with Crippen LogP contribution in [0.4, 0.5) is 18.9 Å². The summed E-state index contributed by atoms with van der Waals surface area (Å²) in [7, 11) is 0. The van der Waals surface area contributed by atoms with E-state index in [-0.39, 0.29) is 42.0 Å². The SMILES string of the molecule is CCOC1=CC(OCC)=NC(NC(=O)c2ccccc2O)N1c1cccc(C(F)(F)F)c1. The van der Waals surface area contributed by atoms with Gasteiger partial charge in [-0.25, -0.2) is 4.99 Å². The van der Waals surface area contributed by atoms with Crippen LogP contribution >= 0.6 is 0 Å². The van der Waals surface area contributed by atoms with Gasteiger partial charge in [-0.15, -0.1) is 0 Å². The molecule has 2 aromatic rings. The Morgan fingerprint density at radius 3 is 2.50 bits per heavy atom. The molecule has 0 bridgehead atoms. The van der Waals surface area contributed by atoms with Crippen molar-refractivity contribution in [3.63, 3.8) is 0 Å². The molecular formula is C22H22F3N3O4. The zero-order valence-electron chi connectivity index (χ0n) is 17.4. The predicted octanol–water partition coefficient (Wildman–Crippen LogP) is 4.26. The van der Waals surface area contributed by atoms with Crippen LogP contribution in [0.15, 0.2) is 65.5 Å².